The predicted octanol–water partition coefficient (Wildman–Crippen LogP) is 5.33. The Hall–Kier alpha value is -5.57. The molecule has 0 spiro atoms. The van der Waals surface area contributed by atoms with Gasteiger partial charge in [0, 0.05) is 40.2 Å². The van der Waals surface area contributed by atoms with Crippen LogP contribution in [-0.4, -0.2) is 38.1 Å². The van der Waals surface area contributed by atoms with Crippen molar-refractivity contribution in [2.45, 2.75) is 0 Å². The molecule has 3 aromatic carbocycles. The number of nitrogens with one attached hydrogen (secondary N) is 3. The van der Waals surface area contributed by atoms with E-state index in [-0.39, 0.29) is 17.4 Å². The standard InChI is InChI=1S/C29H21N5O4/c35-27(19-6-8-20(9-7-19)29(37)38)31-22-11-13-26-23(16-22)25(33-34-26)12-10-21-17-30-15-14-24(21)32-28(36)18-4-2-1-3-5-18/h1-17H,(H,31,35)(H,33,34)(H,37,38)(H,30,32,36). The molecule has 9 heteroatoms. The summed E-state index contributed by atoms with van der Waals surface area (Å²) >= 11 is 0. The molecule has 0 saturated carbocycles. The molecule has 9 nitrogen and oxygen atoms in total. The Balaban J connectivity index is 1.35. The molecule has 0 saturated heterocycles. The average Bonchev–Trinajstić information content (AvgIpc) is 3.35. The summed E-state index contributed by atoms with van der Waals surface area (Å²) in [6.07, 6.45) is 6.85. The molecule has 5 aromatic rings. The number of benzene rings is 3. The lowest BCUT2D eigenvalue weighted by Gasteiger charge is -2.08. The van der Waals surface area contributed by atoms with Crippen LogP contribution in [0.3, 0.4) is 0 Å². The average molecular weight is 504 g/mol. The molecule has 4 N–H and O–H groups in total. The molecule has 186 valence electrons. The molecule has 2 heterocycles. The number of pyridine rings is 1. The molecular weight excluding hydrogens is 482 g/mol. The van der Waals surface area contributed by atoms with Crippen molar-refractivity contribution in [1.29, 1.82) is 0 Å². The molecule has 0 unspecified atom stereocenters. The van der Waals surface area contributed by atoms with Gasteiger partial charge in [0.2, 0.25) is 0 Å². The number of rotatable bonds is 7. The quantitative estimate of drug-likeness (QED) is 0.237. The van der Waals surface area contributed by atoms with Crippen molar-refractivity contribution in [3.63, 3.8) is 0 Å². The van der Waals surface area contributed by atoms with Crippen LogP contribution in [-0.2, 0) is 0 Å². The molecule has 38 heavy (non-hydrogen) atoms. The maximum atomic E-state index is 12.7. The molecule has 0 aliphatic heterocycles. The van der Waals surface area contributed by atoms with E-state index >= 15 is 0 Å². The van der Waals surface area contributed by atoms with Crippen LogP contribution < -0.4 is 10.6 Å². The minimum atomic E-state index is -1.06. The highest BCUT2D eigenvalue weighted by Crippen LogP contribution is 2.24. The summed E-state index contributed by atoms with van der Waals surface area (Å²) in [7, 11) is 0. The summed E-state index contributed by atoms with van der Waals surface area (Å²) in [4.78, 5) is 40.5. The molecule has 2 amide bonds. The molecule has 0 radical (unpaired) electrons. The monoisotopic (exact) mass is 503 g/mol. The molecule has 0 aliphatic rings. The zero-order valence-electron chi connectivity index (χ0n) is 19.9. The van der Waals surface area contributed by atoms with Gasteiger partial charge in [0.05, 0.1) is 22.5 Å². The summed E-state index contributed by atoms with van der Waals surface area (Å²) in [6.45, 7) is 0. The first-order valence-electron chi connectivity index (χ1n) is 11.6. The van der Waals surface area contributed by atoms with Gasteiger partial charge in [-0.15, -0.1) is 0 Å². The fraction of sp³-hybridized carbons (Fsp3) is 0. The topological polar surface area (TPSA) is 137 Å². The first-order valence-corrected chi connectivity index (χ1v) is 11.6. The third kappa shape index (κ3) is 5.31. The number of carbonyl (C=O) groups is 3. The van der Waals surface area contributed by atoms with E-state index in [1.807, 2.05) is 6.07 Å². The minimum absolute atomic E-state index is 0.106. The summed E-state index contributed by atoms with van der Waals surface area (Å²) in [5.74, 6) is -1.65. The van der Waals surface area contributed by atoms with Gasteiger partial charge in [-0.2, -0.15) is 5.10 Å². The van der Waals surface area contributed by atoms with E-state index in [0.29, 0.717) is 33.8 Å². The van der Waals surface area contributed by atoms with Crippen molar-refractivity contribution in [3.8, 4) is 0 Å². The highest BCUT2D eigenvalue weighted by molar-refractivity contribution is 6.07. The van der Waals surface area contributed by atoms with Crippen molar-refractivity contribution in [2.75, 3.05) is 10.6 Å². The van der Waals surface area contributed by atoms with Crippen molar-refractivity contribution < 1.29 is 19.5 Å². The number of H-pyrrole nitrogens is 1. The number of anilines is 2. The lowest BCUT2D eigenvalue weighted by Crippen LogP contribution is -2.12. The van der Waals surface area contributed by atoms with Crippen LogP contribution in [0.25, 0.3) is 23.1 Å². The molecule has 0 aliphatic carbocycles. The Bertz CT molecular complexity index is 1670. The number of hydrogen-bond acceptors (Lipinski definition) is 5. The molecule has 0 fully saturated rings. The van der Waals surface area contributed by atoms with E-state index in [1.54, 1.807) is 73.1 Å². The molecule has 0 atom stereocenters. The fourth-order valence-electron chi connectivity index (χ4n) is 3.81. The van der Waals surface area contributed by atoms with Crippen molar-refractivity contribution in [1.82, 2.24) is 15.2 Å². The van der Waals surface area contributed by atoms with Gasteiger partial charge in [-0.3, -0.25) is 19.7 Å². The minimum Gasteiger partial charge on any atom is -0.478 e. The van der Waals surface area contributed by atoms with Gasteiger partial charge in [0.15, 0.2) is 0 Å². The molecule has 5 rings (SSSR count). The van der Waals surface area contributed by atoms with Crippen LogP contribution in [0.15, 0.2) is 91.3 Å². The second-order valence-corrected chi connectivity index (χ2v) is 8.32. The molecular formula is C29H21N5O4. The third-order valence-corrected chi connectivity index (χ3v) is 5.80. The maximum Gasteiger partial charge on any atom is 0.335 e. The maximum absolute atomic E-state index is 12.7. The van der Waals surface area contributed by atoms with Gasteiger partial charge in [-0.25, -0.2) is 4.79 Å². The van der Waals surface area contributed by atoms with Crippen LogP contribution in [0.2, 0.25) is 0 Å². The Morgan fingerprint density at radius 1 is 0.789 bits per heavy atom. The van der Waals surface area contributed by atoms with Crippen molar-refractivity contribution in [2.24, 2.45) is 0 Å². The second kappa shape index (κ2) is 10.6. The number of carboxylic acid groups (broad SMARTS) is 1. The van der Waals surface area contributed by atoms with Crippen molar-refractivity contribution in [3.05, 3.63) is 119 Å². The van der Waals surface area contributed by atoms with Crippen LogP contribution >= 0.6 is 0 Å². The van der Waals surface area contributed by atoms with Crippen LogP contribution in [0, 0.1) is 0 Å². The Kier molecular flexibility index (Phi) is 6.73. The number of aromatic amines is 1. The number of nitrogens with zero attached hydrogens (tertiary/aromatic N) is 2. The summed E-state index contributed by atoms with van der Waals surface area (Å²) in [5.41, 5.74) is 4.25. The zero-order valence-corrected chi connectivity index (χ0v) is 19.9. The van der Waals surface area contributed by atoms with E-state index in [9.17, 15) is 14.4 Å². The first-order chi connectivity index (χ1) is 18.5. The number of carboxylic acids is 1. The van der Waals surface area contributed by atoms with Gasteiger partial charge in [-0.05, 0) is 72.8 Å². The fourth-order valence-corrected chi connectivity index (χ4v) is 3.81. The Labute approximate surface area is 216 Å². The van der Waals surface area contributed by atoms with E-state index in [1.165, 1.54) is 24.3 Å². The van der Waals surface area contributed by atoms with Crippen LogP contribution in [0.5, 0.6) is 0 Å². The number of hydrogen-bond donors (Lipinski definition) is 4. The largest absolute Gasteiger partial charge is 0.478 e. The highest BCUT2D eigenvalue weighted by Gasteiger charge is 2.11. The summed E-state index contributed by atoms with van der Waals surface area (Å²) < 4.78 is 0. The zero-order chi connectivity index (χ0) is 26.5. The normalized spacial score (nSPS) is 10.9. The van der Waals surface area contributed by atoms with E-state index in [2.05, 4.69) is 25.8 Å². The number of carbonyl (C=O) groups excluding carboxylic acids is 2. The molecule has 2 aromatic heterocycles. The highest BCUT2D eigenvalue weighted by atomic mass is 16.4. The Morgan fingerprint density at radius 2 is 1.50 bits per heavy atom. The van der Waals surface area contributed by atoms with E-state index in [0.717, 1.165) is 10.9 Å². The lowest BCUT2D eigenvalue weighted by molar-refractivity contribution is 0.0696. The SMILES string of the molecule is O=C(O)c1ccc(C(=O)Nc2ccc3[nH]nc(C=Cc4cnccc4NC(=O)c4ccccc4)c3c2)cc1. The number of aromatic nitrogens is 3. The number of amides is 2. The van der Waals surface area contributed by atoms with Crippen LogP contribution in [0.1, 0.15) is 42.3 Å². The van der Waals surface area contributed by atoms with E-state index < -0.39 is 5.97 Å². The van der Waals surface area contributed by atoms with Crippen LogP contribution in [0.4, 0.5) is 11.4 Å². The second-order valence-electron chi connectivity index (χ2n) is 8.32. The summed E-state index contributed by atoms with van der Waals surface area (Å²) in [5, 5.41) is 22.9. The van der Waals surface area contributed by atoms with Gasteiger partial charge < -0.3 is 15.7 Å². The lowest BCUT2D eigenvalue weighted by atomic mass is 10.1. The molecule has 0 bridgehead atoms. The van der Waals surface area contributed by atoms with E-state index in [4.69, 9.17) is 5.11 Å². The van der Waals surface area contributed by atoms with Gasteiger partial charge in [0.25, 0.3) is 11.8 Å². The predicted molar refractivity (Wildman–Crippen MR) is 145 cm³/mol. The van der Waals surface area contributed by atoms with Crippen molar-refractivity contribution >= 4 is 52.2 Å². The Morgan fingerprint density at radius 3 is 2.26 bits per heavy atom. The number of aromatic carboxylic acids is 1. The third-order valence-electron chi connectivity index (χ3n) is 5.80. The first kappa shape index (κ1) is 24.1. The smallest absolute Gasteiger partial charge is 0.335 e. The summed E-state index contributed by atoms with van der Waals surface area (Å²) in [6, 6.07) is 21.7. The number of fused-ring (bicyclic) bond motifs is 1. The van der Waals surface area contributed by atoms with Gasteiger partial charge >= 0.3 is 5.97 Å². The van der Waals surface area contributed by atoms with Gasteiger partial charge in [-0.1, -0.05) is 18.2 Å². The van der Waals surface area contributed by atoms with Gasteiger partial charge in [0.1, 0.15) is 0 Å².